The van der Waals surface area contributed by atoms with Crippen molar-refractivity contribution in [3.8, 4) is 0 Å². The van der Waals surface area contributed by atoms with Crippen molar-refractivity contribution in [2.45, 2.75) is 335 Å². The molecule has 0 N–H and O–H groups in total. The van der Waals surface area contributed by atoms with E-state index in [1.54, 1.807) is 0 Å². The van der Waals surface area contributed by atoms with E-state index in [0.29, 0.717) is 19.3 Å². The summed E-state index contributed by atoms with van der Waals surface area (Å²) in [5.74, 6) is -0.873. The molecule has 0 aliphatic carbocycles. The van der Waals surface area contributed by atoms with Crippen LogP contribution in [0.5, 0.6) is 0 Å². The maximum atomic E-state index is 12.9. The van der Waals surface area contributed by atoms with Crippen LogP contribution in [-0.2, 0) is 28.6 Å². The first-order valence-corrected chi connectivity index (χ1v) is 31.1. The van der Waals surface area contributed by atoms with Gasteiger partial charge in [0.05, 0.1) is 0 Å². The fourth-order valence-electron chi connectivity index (χ4n) is 9.05. The zero-order valence-corrected chi connectivity index (χ0v) is 47.5. The Morgan fingerprint density at radius 2 is 0.507 bits per heavy atom. The summed E-state index contributed by atoms with van der Waals surface area (Å²) >= 11 is 0. The molecule has 0 unspecified atom stereocenters. The van der Waals surface area contributed by atoms with Crippen LogP contribution >= 0.6 is 0 Å². The van der Waals surface area contributed by atoms with Crippen LogP contribution in [0.15, 0.2) is 48.6 Å². The van der Waals surface area contributed by atoms with Gasteiger partial charge in [-0.15, -0.1) is 0 Å². The maximum absolute atomic E-state index is 12.9. The molecule has 0 aromatic rings. The second-order valence-electron chi connectivity index (χ2n) is 21.0. The molecule has 0 saturated carbocycles. The van der Waals surface area contributed by atoms with Crippen LogP contribution in [0.3, 0.4) is 0 Å². The molecular formula is C65H118O6. The number of carbonyl (C=O) groups is 3. The number of esters is 3. The van der Waals surface area contributed by atoms with Gasteiger partial charge in [0.2, 0.25) is 0 Å². The topological polar surface area (TPSA) is 78.9 Å². The molecule has 1 atom stereocenters. The van der Waals surface area contributed by atoms with Gasteiger partial charge in [-0.1, -0.05) is 256 Å². The lowest BCUT2D eigenvalue weighted by Crippen LogP contribution is -2.30. The molecule has 0 radical (unpaired) electrons. The number of rotatable bonds is 57. The van der Waals surface area contributed by atoms with E-state index in [0.717, 1.165) is 70.6 Å². The Morgan fingerprint density at radius 1 is 0.282 bits per heavy atom. The monoisotopic (exact) mass is 995 g/mol. The SMILES string of the molecule is CCCCC/C=C\C/C=C\CCCCCCCCCCCC(=O)OC[C@H](COC(=O)CCCCCCC/C=C\CCCCCCCC)OC(=O)CCCCCCCCCCC/C=C\CCCCCCCC. The van der Waals surface area contributed by atoms with Crippen molar-refractivity contribution < 1.29 is 28.6 Å². The van der Waals surface area contributed by atoms with Crippen LogP contribution in [0.1, 0.15) is 329 Å². The van der Waals surface area contributed by atoms with Crippen LogP contribution in [0.2, 0.25) is 0 Å². The molecule has 0 rings (SSSR count). The van der Waals surface area contributed by atoms with Crippen LogP contribution in [0, 0.1) is 0 Å². The lowest BCUT2D eigenvalue weighted by Gasteiger charge is -2.18. The second kappa shape index (κ2) is 59.9. The highest BCUT2D eigenvalue weighted by atomic mass is 16.6. The van der Waals surface area contributed by atoms with E-state index in [1.807, 2.05) is 0 Å². The predicted octanol–water partition coefficient (Wildman–Crippen LogP) is 21.0. The van der Waals surface area contributed by atoms with Gasteiger partial charge in [-0.2, -0.15) is 0 Å². The molecule has 0 aromatic heterocycles. The molecule has 0 amide bonds. The van der Waals surface area contributed by atoms with Gasteiger partial charge in [0.15, 0.2) is 6.10 Å². The Hall–Kier alpha value is -2.63. The zero-order valence-electron chi connectivity index (χ0n) is 47.5. The minimum absolute atomic E-state index is 0.0767. The van der Waals surface area contributed by atoms with Crippen molar-refractivity contribution in [3.05, 3.63) is 48.6 Å². The molecule has 6 nitrogen and oxygen atoms in total. The molecule has 414 valence electrons. The third-order valence-electron chi connectivity index (χ3n) is 13.8. The summed E-state index contributed by atoms with van der Waals surface area (Å²) < 4.78 is 16.9. The van der Waals surface area contributed by atoms with E-state index in [4.69, 9.17) is 14.2 Å². The maximum Gasteiger partial charge on any atom is 0.306 e. The fourth-order valence-corrected chi connectivity index (χ4v) is 9.05. The van der Waals surface area contributed by atoms with E-state index in [9.17, 15) is 14.4 Å². The van der Waals surface area contributed by atoms with E-state index in [1.165, 1.54) is 218 Å². The number of allylic oxidation sites excluding steroid dienone is 8. The highest BCUT2D eigenvalue weighted by molar-refractivity contribution is 5.71. The molecule has 6 heteroatoms. The summed E-state index contributed by atoms with van der Waals surface area (Å²) in [4.78, 5) is 38.3. The first-order valence-electron chi connectivity index (χ1n) is 31.1. The summed E-state index contributed by atoms with van der Waals surface area (Å²) in [7, 11) is 0. The third kappa shape index (κ3) is 58.1. The quantitative estimate of drug-likeness (QED) is 0.0261. The molecule has 0 fully saturated rings. The van der Waals surface area contributed by atoms with Crippen LogP contribution < -0.4 is 0 Å². The zero-order chi connectivity index (χ0) is 51.4. The highest BCUT2D eigenvalue weighted by Gasteiger charge is 2.19. The molecule has 0 saturated heterocycles. The van der Waals surface area contributed by atoms with Crippen LogP contribution in [-0.4, -0.2) is 37.2 Å². The minimum Gasteiger partial charge on any atom is -0.462 e. The Kier molecular flexibility index (Phi) is 57.7. The van der Waals surface area contributed by atoms with Crippen molar-refractivity contribution >= 4 is 17.9 Å². The number of hydrogen-bond acceptors (Lipinski definition) is 6. The summed E-state index contributed by atoms with van der Waals surface area (Å²) in [6.45, 7) is 6.64. The van der Waals surface area contributed by atoms with Gasteiger partial charge in [-0.05, 0) is 103 Å². The first kappa shape index (κ1) is 68.4. The molecule has 0 aromatic carbocycles. The first-order chi connectivity index (χ1) is 35.0. The lowest BCUT2D eigenvalue weighted by molar-refractivity contribution is -0.167. The van der Waals surface area contributed by atoms with Crippen molar-refractivity contribution in [1.82, 2.24) is 0 Å². The van der Waals surface area contributed by atoms with E-state index < -0.39 is 6.10 Å². The standard InChI is InChI=1S/C65H118O6/c1-4-7-10-13-16-19-22-25-28-30-32-34-37-40-43-46-49-52-55-58-64(67)70-61-62(60-69-63(66)57-54-51-48-45-42-39-36-27-24-21-18-15-12-9-6-3)71-65(68)59-56-53-50-47-44-41-38-35-33-31-29-26-23-20-17-14-11-8-5-2/h16,19,25-29,36,62H,4-15,17-18,20-24,30-35,37-61H2,1-3H3/b19-16-,28-25-,29-26-,36-27-/t62-/m0/s1. The Labute approximate surface area is 441 Å². The van der Waals surface area contributed by atoms with Crippen molar-refractivity contribution in [3.63, 3.8) is 0 Å². The number of hydrogen-bond donors (Lipinski definition) is 0. The average Bonchev–Trinajstić information content (AvgIpc) is 3.37. The molecule has 0 spiro atoms. The highest BCUT2D eigenvalue weighted by Crippen LogP contribution is 2.16. The van der Waals surface area contributed by atoms with Gasteiger partial charge in [-0.3, -0.25) is 14.4 Å². The van der Waals surface area contributed by atoms with Gasteiger partial charge >= 0.3 is 17.9 Å². The van der Waals surface area contributed by atoms with E-state index in [2.05, 4.69) is 69.4 Å². The summed E-state index contributed by atoms with van der Waals surface area (Å²) in [6, 6.07) is 0. The van der Waals surface area contributed by atoms with Gasteiger partial charge in [-0.25, -0.2) is 0 Å². The number of ether oxygens (including phenoxy) is 3. The number of carbonyl (C=O) groups excluding carboxylic acids is 3. The summed E-state index contributed by atoms with van der Waals surface area (Å²) in [5.41, 5.74) is 0. The third-order valence-corrected chi connectivity index (χ3v) is 13.8. The van der Waals surface area contributed by atoms with Gasteiger partial charge in [0, 0.05) is 19.3 Å². The molecule has 0 aliphatic rings. The lowest BCUT2D eigenvalue weighted by atomic mass is 10.1. The smallest absolute Gasteiger partial charge is 0.306 e. The normalized spacial score (nSPS) is 12.3. The van der Waals surface area contributed by atoms with E-state index in [-0.39, 0.29) is 31.1 Å². The molecule has 0 bridgehead atoms. The van der Waals surface area contributed by atoms with Crippen LogP contribution in [0.25, 0.3) is 0 Å². The minimum atomic E-state index is -0.779. The largest absolute Gasteiger partial charge is 0.462 e. The van der Waals surface area contributed by atoms with Gasteiger partial charge in [0.1, 0.15) is 13.2 Å². The average molecular weight is 996 g/mol. The van der Waals surface area contributed by atoms with Crippen molar-refractivity contribution in [2.75, 3.05) is 13.2 Å². The molecule has 71 heavy (non-hydrogen) atoms. The Balaban J connectivity index is 4.36. The fraction of sp³-hybridized carbons (Fsp3) is 0.831. The molecular weight excluding hydrogens is 877 g/mol. The van der Waals surface area contributed by atoms with Gasteiger partial charge in [0.25, 0.3) is 0 Å². The van der Waals surface area contributed by atoms with Crippen molar-refractivity contribution in [1.29, 1.82) is 0 Å². The van der Waals surface area contributed by atoms with Gasteiger partial charge < -0.3 is 14.2 Å². The summed E-state index contributed by atoms with van der Waals surface area (Å²) in [5, 5.41) is 0. The van der Waals surface area contributed by atoms with Crippen molar-refractivity contribution in [2.24, 2.45) is 0 Å². The summed E-state index contributed by atoms with van der Waals surface area (Å²) in [6.07, 6.45) is 73.9. The second-order valence-corrected chi connectivity index (χ2v) is 21.0. The predicted molar refractivity (Wildman–Crippen MR) is 307 cm³/mol. The Bertz CT molecular complexity index is 1230. The van der Waals surface area contributed by atoms with Crippen LogP contribution in [0.4, 0.5) is 0 Å². The molecule has 0 heterocycles. The van der Waals surface area contributed by atoms with E-state index >= 15 is 0 Å². The Morgan fingerprint density at radius 3 is 0.817 bits per heavy atom. The molecule has 0 aliphatic heterocycles. The number of unbranched alkanes of at least 4 members (excludes halogenated alkanes) is 38.